The molecular formula is C38H33N3S. The Kier molecular flexibility index (Phi) is 6.88. The van der Waals surface area contributed by atoms with E-state index in [1.807, 2.05) is 35.0 Å². The number of hydrogen-bond acceptors (Lipinski definition) is 3. The number of aliphatic imine (C=N–C) groups is 1. The average molecular weight is 564 g/mol. The molecule has 206 valence electrons. The summed E-state index contributed by atoms with van der Waals surface area (Å²) in [4.78, 5) is 4.05. The fourth-order valence-corrected chi connectivity index (χ4v) is 7.31. The summed E-state index contributed by atoms with van der Waals surface area (Å²) in [5.41, 5.74) is 9.92. The lowest BCUT2D eigenvalue weighted by atomic mass is 9.77. The van der Waals surface area contributed by atoms with Gasteiger partial charge < -0.3 is 4.57 Å². The van der Waals surface area contributed by atoms with Crippen LogP contribution in [-0.4, -0.2) is 17.0 Å². The van der Waals surface area contributed by atoms with Crippen molar-refractivity contribution >= 4 is 67.6 Å². The van der Waals surface area contributed by atoms with Crippen LogP contribution in [0.3, 0.4) is 0 Å². The van der Waals surface area contributed by atoms with Crippen molar-refractivity contribution in [1.82, 2.24) is 4.57 Å². The maximum Gasteiger partial charge on any atom is 0.0823 e. The number of nitrogens with one attached hydrogen (secondary N) is 1. The van der Waals surface area contributed by atoms with Crippen LogP contribution in [0.2, 0.25) is 0 Å². The molecule has 2 heterocycles. The number of rotatable bonds is 5. The average Bonchev–Trinajstić information content (AvgIpc) is 3.68. The number of aromatic nitrogens is 1. The summed E-state index contributed by atoms with van der Waals surface area (Å²) >= 11 is 1.54. The Labute approximate surface area is 251 Å². The normalized spacial score (nSPS) is 13.6. The number of aryl methyl sites for hydroxylation is 1. The molecule has 1 aliphatic rings. The summed E-state index contributed by atoms with van der Waals surface area (Å²) in [6, 6.07) is 27.8. The van der Waals surface area contributed by atoms with Crippen LogP contribution in [0.25, 0.3) is 38.2 Å². The van der Waals surface area contributed by atoms with Crippen molar-refractivity contribution in [2.75, 3.05) is 0 Å². The molecule has 0 saturated carbocycles. The number of thiophene rings is 1. The first-order valence-electron chi connectivity index (χ1n) is 13.9. The Balaban J connectivity index is 0.000000156. The molecule has 3 nitrogen and oxygen atoms in total. The fourth-order valence-electron chi connectivity index (χ4n) is 6.53. The van der Waals surface area contributed by atoms with Gasteiger partial charge in [-0.05, 0) is 51.9 Å². The van der Waals surface area contributed by atoms with Crippen molar-refractivity contribution in [3.8, 4) is 0 Å². The van der Waals surface area contributed by atoms with Crippen molar-refractivity contribution < 1.29 is 0 Å². The third-order valence-corrected chi connectivity index (χ3v) is 9.24. The van der Waals surface area contributed by atoms with Crippen molar-refractivity contribution in [3.05, 3.63) is 143 Å². The quantitative estimate of drug-likeness (QED) is 0.203. The van der Waals surface area contributed by atoms with Crippen molar-refractivity contribution in [1.29, 1.82) is 5.41 Å². The molecule has 0 aliphatic heterocycles. The summed E-state index contributed by atoms with van der Waals surface area (Å²) in [6.45, 7) is 15.9. The van der Waals surface area contributed by atoms with E-state index in [-0.39, 0.29) is 5.41 Å². The molecular weight excluding hydrogens is 531 g/mol. The van der Waals surface area contributed by atoms with Crippen LogP contribution in [-0.2, 0) is 12.5 Å². The SMILES string of the molecule is C=CC1=C(C=C)C(C)(C)c2c(C(=N)c3cscc3N=C)cccc21.Cn1c2ccccc2c2c3ccccc3ccc21. The van der Waals surface area contributed by atoms with Gasteiger partial charge in [0, 0.05) is 56.2 Å². The zero-order valence-corrected chi connectivity index (χ0v) is 25.1. The summed E-state index contributed by atoms with van der Waals surface area (Å²) < 4.78 is 2.27. The monoisotopic (exact) mass is 563 g/mol. The van der Waals surface area contributed by atoms with Crippen molar-refractivity contribution in [2.45, 2.75) is 19.3 Å². The Hall–Kier alpha value is -4.80. The third kappa shape index (κ3) is 4.10. The minimum atomic E-state index is -0.221. The highest BCUT2D eigenvalue weighted by molar-refractivity contribution is 7.08. The van der Waals surface area contributed by atoms with Gasteiger partial charge in [-0.25, -0.2) is 0 Å². The second-order valence-corrected chi connectivity index (χ2v) is 11.8. The van der Waals surface area contributed by atoms with E-state index in [0.29, 0.717) is 5.71 Å². The van der Waals surface area contributed by atoms with Crippen LogP contribution in [0, 0.1) is 5.41 Å². The van der Waals surface area contributed by atoms with Gasteiger partial charge in [0.25, 0.3) is 0 Å². The Morgan fingerprint density at radius 1 is 0.833 bits per heavy atom. The Bertz CT molecular complexity index is 2100. The Morgan fingerprint density at radius 3 is 2.31 bits per heavy atom. The van der Waals surface area contributed by atoms with Gasteiger partial charge >= 0.3 is 0 Å². The molecule has 7 rings (SSSR count). The largest absolute Gasteiger partial charge is 0.344 e. The standard InChI is InChI=1S/C21H20N2S.C17H13N/c1-6-13-14-9-8-10-15(19(14)21(3,4)17(13)7-2)20(22)16-11-24-12-18(16)23-5;1-18-15-9-5-4-8-14(15)17-13-7-3-2-6-12(13)10-11-16(17)18/h6-12,22H,1-2,5H2,3-4H3;2-11H,1H3. The first kappa shape index (κ1) is 27.4. The molecule has 6 aromatic rings. The predicted molar refractivity (Wildman–Crippen MR) is 184 cm³/mol. The van der Waals surface area contributed by atoms with Gasteiger partial charge in [0.1, 0.15) is 0 Å². The fraction of sp³-hybridized carbons (Fsp3) is 0.105. The van der Waals surface area contributed by atoms with E-state index in [4.69, 9.17) is 5.41 Å². The number of benzene rings is 4. The number of allylic oxidation sites excluding steroid dienone is 4. The molecule has 0 unspecified atom stereocenters. The van der Waals surface area contributed by atoms with Crippen LogP contribution in [0.5, 0.6) is 0 Å². The lowest BCUT2D eigenvalue weighted by Gasteiger charge is -2.25. The van der Waals surface area contributed by atoms with Crippen LogP contribution >= 0.6 is 11.3 Å². The molecule has 1 N–H and O–H groups in total. The number of nitrogens with zero attached hydrogens (tertiary/aromatic N) is 2. The van der Waals surface area contributed by atoms with Crippen LogP contribution in [0.1, 0.15) is 36.1 Å². The third-order valence-electron chi connectivity index (χ3n) is 8.51. The maximum absolute atomic E-state index is 8.77. The minimum Gasteiger partial charge on any atom is -0.344 e. The van der Waals surface area contributed by atoms with Crippen molar-refractivity contribution in [3.63, 3.8) is 0 Å². The van der Waals surface area contributed by atoms with Gasteiger partial charge in [-0.2, -0.15) is 0 Å². The van der Waals surface area contributed by atoms with E-state index in [1.54, 1.807) is 0 Å². The Morgan fingerprint density at radius 2 is 1.57 bits per heavy atom. The predicted octanol–water partition coefficient (Wildman–Crippen LogP) is 10.4. The molecule has 0 radical (unpaired) electrons. The van der Waals surface area contributed by atoms with Gasteiger partial charge in [-0.15, -0.1) is 11.3 Å². The second kappa shape index (κ2) is 10.6. The van der Waals surface area contributed by atoms with Gasteiger partial charge in [0.15, 0.2) is 0 Å². The summed E-state index contributed by atoms with van der Waals surface area (Å²) in [5.74, 6) is 0. The lowest BCUT2D eigenvalue weighted by molar-refractivity contribution is 0.653. The highest BCUT2D eigenvalue weighted by Gasteiger charge is 2.38. The lowest BCUT2D eigenvalue weighted by Crippen LogP contribution is -2.20. The van der Waals surface area contributed by atoms with E-state index in [9.17, 15) is 0 Å². The molecule has 1 aliphatic carbocycles. The molecule has 4 aromatic carbocycles. The molecule has 0 spiro atoms. The highest BCUT2D eigenvalue weighted by atomic mass is 32.1. The van der Waals surface area contributed by atoms with E-state index in [2.05, 4.69) is 117 Å². The molecule has 0 atom stereocenters. The molecule has 0 amide bonds. The zero-order chi connectivity index (χ0) is 29.6. The van der Waals surface area contributed by atoms with E-state index < -0.39 is 0 Å². The highest BCUT2D eigenvalue weighted by Crippen LogP contribution is 2.49. The first-order valence-corrected chi connectivity index (χ1v) is 14.9. The summed E-state index contributed by atoms with van der Waals surface area (Å²) in [6.07, 6.45) is 3.80. The van der Waals surface area contributed by atoms with Gasteiger partial charge in [-0.1, -0.05) is 106 Å². The van der Waals surface area contributed by atoms with Gasteiger partial charge in [0.05, 0.1) is 11.4 Å². The van der Waals surface area contributed by atoms with Crippen LogP contribution in [0.4, 0.5) is 5.69 Å². The number of fused-ring (bicyclic) bond motifs is 6. The number of para-hydroxylation sites is 1. The first-order chi connectivity index (χ1) is 20.3. The molecule has 0 saturated heterocycles. The smallest absolute Gasteiger partial charge is 0.0823 e. The summed E-state index contributed by atoms with van der Waals surface area (Å²) in [5, 5.41) is 18.0. The molecule has 42 heavy (non-hydrogen) atoms. The van der Waals surface area contributed by atoms with E-state index in [0.717, 1.165) is 39.1 Å². The van der Waals surface area contributed by atoms with Crippen LogP contribution < -0.4 is 0 Å². The van der Waals surface area contributed by atoms with E-state index >= 15 is 0 Å². The van der Waals surface area contributed by atoms with Crippen molar-refractivity contribution in [2.24, 2.45) is 12.0 Å². The maximum atomic E-state index is 8.77. The molecule has 0 fully saturated rings. The molecule has 2 aromatic heterocycles. The molecule has 4 heteroatoms. The van der Waals surface area contributed by atoms with Gasteiger partial charge in [-0.3, -0.25) is 10.4 Å². The second-order valence-electron chi connectivity index (χ2n) is 11.0. The van der Waals surface area contributed by atoms with E-state index in [1.165, 1.54) is 43.9 Å². The molecule has 0 bridgehead atoms. The van der Waals surface area contributed by atoms with Crippen LogP contribution in [0.15, 0.2) is 125 Å². The number of hydrogen-bond donors (Lipinski definition) is 1. The topological polar surface area (TPSA) is 41.1 Å². The minimum absolute atomic E-state index is 0.221. The van der Waals surface area contributed by atoms with Gasteiger partial charge in [0.2, 0.25) is 0 Å². The summed E-state index contributed by atoms with van der Waals surface area (Å²) in [7, 11) is 2.14. The zero-order valence-electron chi connectivity index (χ0n) is 24.2.